The first kappa shape index (κ1) is 26.0. The van der Waals surface area contributed by atoms with Crippen molar-refractivity contribution in [3.05, 3.63) is 96.4 Å². The number of amides is 2. The highest BCUT2D eigenvalue weighted by Gasteiger charge is 2.36. The van der Waals surface area contributed by atoms with Gasteiger partial charge in [0.2, 0.25) is 11.8 Å². The van der Waals surface area contributed by atoms with E-state index in [4.69, 9.17) is 0 Å². The number of hydrogen-bond acceptors (Lipinski definition) is 5. The van der Waals surface area contributed by atoms with Crippen LogP contribution in [-0.2, 0) is 16.1 Å². The first-order valence-electron chi connectivity index (χ1n) is 12.8. The van der Waals surface area contributed by atoms with Crippen LogP contribution >= 0.6 is 0 Å². The first-order valence-corrected chi connectivity index (χ1v) is 12.8. The van der Waals surface area contributed by atoms with Crippen molar-refractivity contribution in [2.75, 3.05) is 4.90 Å². The van der Waals surface area contributed by atoms with E-state index >= 15 is 4.39 Å². The van der Waals surface area contributed by atoms with Crippen LogP contribution in [0.2, 0.25) is 0 Å². The Morgan fingerprint density at radius 2 is 1.77 bits per heavy atom. The number of hydrogen-bond donors (Lipinski definition) is 1. The van der Waals surface area contributed by atoms with Crippen LogP contribution in [0.4, 0.5) is 10.1 Å². The highest BCUT2D eigenvalue weighted by Crippen LogP contribution is 2.32. The standard InChI is InChI=1S/C30H29FN6O2/c1-4-30(2,3)33-29(39)28(21-15-16-23-20(18-21)10-9-17-32-23)37(25-13-7-5-11-22(25)31)27(38)19-36-26-14-8-6-12-24(26)34-35-36/h5-18,28H,4,19H2,1-3H3,(H,33,39). The molecule has 198 valence electrons. The largest absolute Gasteiger partial charge is 0.349 e. The molecule has 2 amide bonds. The molecular weight excluding hydrogens is 495 g/mol. The molecule has 0 saturated heterocycles. The Bertz CT molecular complexity index is 1660. The van der Waals surface area contributed by atoms with E-state index in [1.165, 1.54) is 21.7 Å². The third-order valence-corrected chi connectivity index (χ3v) is 6.88. The zero-order valence-electron chi connectivity index (χ0n) is 22.0. The number of nitrogens with zero attached hydrogens (tertiary/aromatic N) is 5. The van der Waals surface area contributed by atoms with Gasteiger partial charge in [-0.05, 0) is 68.3 Å². The number of benzene rings is 3. The molecule has 5 rings (SSSR count). The van der Waals surface area contributed by atoms with Crippen LogP contribution in [0, 0.1) is 5.82 Å². The molecule has 0 radical (unpaired) electrons. The highest BCUT2D eigenvalue weighted by molar-refractivity contribution is 6.02. The van der Waals surface area contributed by atoms with Gasteiger partial charge < -0.3 is 5.32 Å². The van der Waals surface area contributed by atoms with Crippen molar-refractivity contribution in [3.8, 4) is 0 Å². The summed E-state index contributed by atoms with van der Waals surface area (Å²) in [5, 5.41) is 12.1. The van der Waals surface area contributed by atoms with Gasteiger partial charge in [0.15, 0.2) is 0 Å². The summed E-state index contributed by atoms with van der Waals surface area (Å²) in [6.07, 6.45) is 2.35. The molecule has 3 aromatic carbocycles. The summed E-state index contributed by atoms with van der Waals surface area (Å²) in [7, 11) is 0. The number of halogens is 1. The zero-order valence-corrected chi connectivity index (χ0v) is 22.0. The van der Waals surface area contributed by atoms with Crippen LogP contribution < -0.4 is 10.2 Å². The quantitative estimate of drug-likeness (QED) is 0.301. The number of aromatic nitrogens is 4. The molecule has 1 atom stereocenters. The average molecular weight is 525 g/mol. The minimum Gasteiger partial charge on any atom is -0.349 e. The van der Waals surface area contributed by atoms with Gasteiger partial charge in [0.1, 0.15) is 23.9 Å². The van der Waals surface area contributed by atoms with Crippen LogP contribution in [0.1, 0.15) is 38.8 Å². The Hall–Kier alpha value is -4.66. The number of fused-ring (bicyclic) bond motifs is 2. The fraction of sp³-hybridized carbons (Fsp3) is 0.233. The van der Waals surface area contributed by atoms with E-state index in [2.05, 4.69) is 20.6 Å². The van der Waals surface area contributed by atoms with Crippen LogP contribution in [0.5, 0.6) is 0 Å². The smallest absolute Gasteiger partial charge is 0.249 e. The van der Waals surface area contributed by atoms with Crippen molar-refractivity contribution < 1.29 is 14.0 Å². The maximum atomic E-state index is 15.4. The molecule has 0 bridgehead atoms. The van der Waals surface area contributed by atoms with Crippen molar-refractivity contribution in [2.24, 2.45) is 0 Å². The Labute approximate surface area is 225 Å². The first-order chi connectivity index (χ1) is 18.8. The molecule has 9 heteroatoms. The monoisotopic (exact) mass is 524 g/mol. The highest BCUT2D eigenvalue weighted by atomic mass is 19.1. The van der Waals surface area contributed by atoms with E-state index in [9.17, 15) is 9.59 Å². The molecular formula is C30H29FN6O2. The molecule has 39 heavy (non-hydrogen) atoms. The lowest BCUT2D eigenvalue weighted by Gasteiger charge is -2.34. The molecule has 0 aliphatic rings. The van der Waals surface area contributed by atoms with Crippen molar-refractivity contribution in [1.29, 1.82) is 0 Å². The average Bonchev–Trinajstić information content (AvgIpc) is 3.34. The lowest BCUT2D eigenvalue weighted by Crippen LogP contribution is -2.51. The van der Waals surface area contributed by atoms with Crippen LogP contribution in [0.15, 0.2) is 85.1 Å². The summed E-state index contributed by atoms with van der Waals surface area (Å²) in [5.41, 5.74) is 1.99. The minimum absolute atomic E-state index is 0.00680. The number of anilines is 1. The van der Waals surface area contributed by atoms with Gasteiger partial charge >= 0.3 is 0 Å². The topological polar surface area (TPSA) is 93.0 Å². The van der Waals surface area contributed by atoms with Crippen molar-refractivity contribution in [3.63, 3.8) is 0 Å². The second kappa shape index (κ2) is 10.6. The third-order valence-electron chi connectivity index (χ3n) is 6.88. The summed E-state index contributed by atoms with van der Waals surface area (Å²) in [5.74, 6) is -1.56. The number of pyridine rings is 1. The lowest BCUT2D eigenvalue weighted by molar-refractivity contribution is -0.128. The van der Waals surface area contributed by atoms with Crippen LogP contribution in [0.25, 0.3) is 21.9 Å². The van der Waals surface area contributed by atoms with Gasteiger partial charge in [0, 0.05) is 17.1 Å². The molecule has 8 nitrogen and oxygen atoms in total. The Balaban J connectivity index is 1.66. The lowest BCUT2D eigenvalue weighted by atomic mass is 9.97. The summed E-state index contributed by atoms with van der Waals surface area (Å²) >= 11 is 0. The van der Waals surface area contributed by atoms with Gasteiger partial charge in [0.25, 0.3) is 0 Å². The van der Waals surface area contributed by atoms with E-state index in [0.717, 1.165) is 10.9 Å². The van der Waals surface area contributed by atoms with Crippen molar-refractivity contribution >= 4 is 39.4 Å². The molecule has 1 unspecified atom stereocenters. The molecule has 0 spiro atoms. The second-order valence-electron chi connectivity index (χ2n) is 10.0. The molecule has 5 aromatic rings. The van der Waals surface area contributed by atoms with Crippen molar-refractivity contribution in [1.82, 2.24) is 25.3 Å². The van der Waals surface area contributed by atoms with Gasteiger partial charge in [-0.15, -0.1) is 5.10 Å². The Kier molecular flexibility index (Phi) is 7.06. The van der Waals surface area contributed by atoms with Gasteiger partial charge in [-0.1, -0.05) is 48.5 Å². The Morgan fingerprint density at radius 1 is 1.00 bits per heavy atom. The number of nitrogens with one attached hydrogen (secondary N) is 1. The molecule has 2 heterocycles. The third kappa shape index (κ3) is 5.34. The normalized spacial score (nSPS) is 12.4. The molecule has 2 aromatic heterocycles. The molecule has 1 N–H and O–H groups in total. The predicted molar refractivity (Wildman–Crippen MR) is 148 cm³/mol. The van der Waals surface area contributed by atoms with Gasteiger partial charge in [0.05, 0.1) is 16.7 Å². The molecule has 0 aliphatic heterocycles. The number of rotatable bonds is 8. The maximum Gasteiger partial charge on any atom is 0.249 e. The molecule has 0 fully saturated rings. The van der Waals surface area contributed by atoms with E-state index in [0.29, 0.717) is 23.0 Å². The van der Waals surface area contributed by atoms with Crippen molar-refractivity contribution in [2.45, 2.75) is 45.3 Å². The SMILES string of the molecule is CCC(C)(C)NC(=O)C(c1ccc2ncccc2c1)N(C(=O)Cn1nnc2ccccc21)c1ccccc1F. The zero-order chi connectivity index (χ0) is 27.6. The summed E-state index contributed by atoms with van der Waals surface area (Å²) in [4.78, 5) is 33.7. The Morgan fingerprint density at radius 3 is 2.56 bits per heavy atom. The number of carbonyl (C=O) groups excluding carboxylic acids is 2. The predicted octanol–water partition coefficient (Wildman–Crippen LogP) is 5.20. The summed E-state index contributed by atoms with van der Waals surface area (Å²) in [6, 6.07) is 21.1. The van der Waals surface area contributed by atoms with E-state index in [1.807, 2.05) is 45.0 Å². The van der Waals surface area contributed by atoms with Crippen LogP contribution in [0.3, 0.4) is 0 Å². The fourth-order valence-electron chi connectivity index (χ4n) is 4.48. The van der Waals surface area contributed by atoms with E-state index in [1.54, 1.807) is 48.7 Å². The fourth-order valence-corrected chi connectivity index (χ4v) is 4.48. The second-order valence-corrected chi connectivity index (χ2v) is 10.0. The summed E-state index contributed by atoms with van der Waals surface area (Å²) in [6.45, 7) is 5.53. The number of para-hydroxylation sites is 2. The molecule has 0 aliphatic carbocycles. The van der Waals surface area contributed by atoms with Crippen LogP contribution in [-0.4, -0.2) is 37.3 Å². The van der Waals surface area contributed by atoms with E-state index in [-0.39, 0.29) is 12.2 Å². The van der Waals surface area contributed by atoms with Gasteiger partial charge in [-0.25, -0.2) is 9.07 Å². The van der Waals surface area contributed by atoms with Gasteiger partial charge in [-0.3, -0.25) is 19.5 Å². The molecule has 0 saturated carbocycles. The van der Waals surface area contributed by atoms with E-state index < -0.39 is 29.2 Å². The maximum absolute atomic E-state index is 15.4. The van der Waals surface area contributed by atoms with Gasteiger partial charge in [-0.2, -0.15) is 0 Å². The number of carbonyl (C=O) groups is 2. The minimum atomic E-state index is -1.17. The summed E-state index contributed by atoms with van der Waals surface area (Å²) < 4.78 is 16.8.